The number of fused-ring (bicyclic) bond motifs is 1. The zero-order valence-electron chi connectivity index (χ0n) is 25.1. The monoisotopic (exact) mass is 630 g/mol. The first-order chi connectivity index (χ1) is 21.6. The third-order valence-electron chi connectivity index (χ3n) is 9.18. The van der Waals surface area contributed by atoms with Crippen LogP contribution in [0.3, 0.4) is 0 Å². The first kappa shape index (κ1) is 30.8. The first-order valence-electron chi connectivity index (χ1n) is 15.3. The molecule has 6 rings (SSSR count). The minimum Gasteiger partial charge on any atom is -0.465 e. The highest BCUT2D eigenvalue weighted by atomic mass is 32.2. The number of carbonyl (C=O) groups excluding carboxylic acids is 1. The second kappa shape index (κ2) is 12.7. The Bertz CT molecular complexity index is 1810. The fourth-order valence-electron chi connectivity index (χ4n) is 6.71. The van der Waals surface area contributed by atoms with Gasteiger partial charge in [-0.15, -0.1) is 0 Å². The van der Waals surface area contributed by atoms with E-state index in [1.54, 1.807) is 18.2 Å². The quantitative estimate of drug-likeness (QED) is 0.226. The number of sulfonamides is 1. The topological polar surface area (TPSA) is 143 Å². The van der Waals surface area contributed by atoms with Crippen LogP contribution in [0.5, 0.6) is 0 Å². The summed E-state index contributed by atoms with van der Waals surface area (Å²) < 4.78 is 29.7. The predicted octanol–water partition coefficient (Wildman–Crippen LogP) is 5.04. The Labute approximate surface area is 262 Å². The van der Waals surface area contributed by atoms with Crippen LogP contribution in [0.25, 0.3) is 22.2 Å². The van der Waals surface area contributed by atoms with Gasteiger partial charge in [-0.25, -0.2) is 17.9 Å². The van der Waals surface area contributed by atoms with E-state index in [9.17, 15) is 28.2 Å². The molecule has 0 spiro atoms. The van der Waals surface area contributed by atoms with E-state index in [0.717, 1.165) is 33.3 Å². The van der Waals surface area contributed by atoms with Gasteiger partial charge in [0.15, 0.2) is 0 Å². The van der Waals surface area contributed by atoms with Crippen LogP contribution in [-0.4, -0.2) is 71.1 Å². The van der Waals surface area contributed by atoms with Crippen LogP contribution < -0.4 is 4.72 Å². The zero-order valence-corrected chi connectivity index (χ0v) is 26.0. The van der Waals surface area contributed by atoms with Crippen molar-refractivity contribution in [1.29, 1.82) is 0 Å². The van der Waals surface area contributed by atoms with Crippen LogP contribution >= 0.6 is 0 Å². The fraction of sp³-hybridized carbons (Fsp3) is 0.353. The van der Waals surface area contributed by atoms with Crippen molar-refractivity contribution in [3.05, 3.63) is 89.5 Å². The average molecular weight is 631 g/mol. The molecular formula is C34H38N4O6S. The zero-order chi connectivity index (χ0) is 31.7. The van der Waals surface area contributed by atoms with Gasteiger partial charge in [0.05, 0.1) is 17.5 Å². The van der Waals surface area contributed by atoms with Crippen molar-refractivity contribution < 1.29 is 28.2 Å². The van der Waals surface area contributed by atoms with E-state index in [1.807, 2.05) is 66.4 Å². The summed E-state index contributed by atoms with van der Waals surface area (Å²) in [5.41, 5.74) is 5.31. The Balaban J connectivity index is 1.11. The number of rotatable bonds is 7. The summed E-state index contributed by atoms with van der Waals surface area (Å²) in [7, 11) is -3.80. The normalized spacial score (nSPS) is 20.8. The summed E-state index contributed by atoms with van der Waals surface area (Å²) in [6.07, 6.45) is 1.20. The van der Waals surface area contributed by atoms with Crippen molar-refractivity contribution in [2.45, 2.75) is 56.2 Å². The molecular weight excluding hydrogens is 592 g/mol. The molecule has 1 atom stereocenters. The van der Waals surface area contributed by atoms with Gasteiger partial charge >= 0.3 is 6.09 Å². The van der Waals surface area contributed by atoms with Crippen molar-refractivity contribution in [2.75, 3.05) is 19.6 Å². The summed E-state index contributed by atoms with van der Waals surface area (Å²) >= 11 is 0. The van der Waals surface area contributed by atoms with E-state index in [1.165, 1.54) is 4.90 Å². The highest BCUT2D eigenvalue weighted by Crippen LogP contribution is 2.33. The molecule has 1 saturated carbocycles. The van der Waals surface area contributed by atoms with E-state index < -0.39 is 16.1 Å². The van der Waals surface area contributed by atoms with Crippen LogP contribution in [0, 0.1) is 12.8 Å². The van der Waals surface area contributed by atoms with Gasteiger partial charge in [-0.2, -0.15) is 0 Å². The van der Waals surface area contributed by atoms with Crippen LogP contribution in [0.15, 0.2) is 77.7 Å². The number of piperazine rings is 1. The number of carboxylic acid groups (broad SMARTS) is 1. The van der Waals surface area contributed by atoms with E-state index in [4.69, 9.17) is 0 Å². The average Bonchev–Trinajstić information content (AvgIpc) is 3.48. The highest BCUT2D eigenvalue weighted by molar-refractivity contribution is 7.89. The second-order valence-electron chi connectivity index (χ2n) is 12.1. The molecule has 1 aliphatic heterocycles. The SMILES string of the molecule is Cc1cc(CO)ccc1-c1cc2ccc(S(=O)(=O)NC3CCC(C(=O)N4CCN(C(=O)O)CC4c4ccccc4)CC3)cc2[nH]1. The number of aliphatic hydroxyl groups is 1. The maximum atomic E-state index is 13.7. The Hall–Kier alpha value is -4.19. The molecule has 1 unspecified atom stereocenters. The molecule has 1 saturated heterocycles. The third kappa shape index (κ3) is 6.47. The van der Waals surface area contributed by atoms with Gasteiger partial charge in [0, 0.05) is 53.8 Å². The molecule has 2 heterocycles. The lowest BCUT2D eigenvalue weighted by molar-refractivity contribution is -0.141. The van der Waals surface area contributed by atoms with Gasteiger partial charge < -0.3 is 25.0 Å². The van der Waals surface area contributed by atoms with Gasteiger partial charge in [0.1, 0.15) is 0 Å². The van der Waals surface area contributed by atoms with Gasteiger partial charge in [0.2, 0.25) is 15.9 Å². The third-order valence-corrected chi connectivity index (χ3v) is 10.7. The molecule has 0 bridgehead atoms. The molecule has 236 valence electrons. The lowest BCUT2D eigenvalue weighted by Crippen LogP contribution is -2.53. The Kier molecular flexibility index (Phi) is 8.67. The van der Waals surface area contributed by atoms with Crippen molar-refractivity contribution in [1.82, 2.24) is 19.5 Å². The molecule has 1 aliphatic carbocycles. The van der Waals surface area contributed by atoms with Crippen LogP contribution in [0.4, 0.5) is 4.79 Å². The number of aliphatic hydroxyl groups excluding tert-OH is 1. The summed E-state index contributed by atoms with van der Waals surface area (Å²) in [4.78, 5) is 32.1. The number of hydrogen-bond donors (Lipinski definition) is 4. The molecule has 2 aliphatic rings. The molecule has 4 N–H and O–H groups in total. The van der Waals surface area contributed by atoms with Gasteiger partial charge in [0.25, 0.3) is 0 Å². The molecule has 4 aromatic rings. The Morgan fingerprint density at radius 3 is 2.40 bits per heavy atom. The molecule has 2 fully saturated rings. The van der Waals surface area contributed by atoms with Crippen LogP contribution in [0.1, 0.15) is 48.4 Å². The van der Waals surface area contributed by atoms with Crippen molar-refractivity contribution >= 4 is 32.9 Å². The van der Waals surface area contributed by atoms with E-state index in [0.29, 0.717) is 37.7 Å². The molecule has 10 nitrogen and oxygen atoms in total. The number of benzene rings is 3. The van der Waals surface area contributed by atoms with Crippen molar-refractivity contribution in [3.63, 3.8) is 0 Å². The second-order valence-corrected chi connectivity index (χ2v) is 13.8. The first-order valence-corrected chi connectivity index (χ1v) is 16.8. The number of nitrogens with zero attached hydrogens (tertiary/aromatic N) is 2. The lowest BCUT2D eigenvalue weighted by Gasteiger charge is -2.43. The van der Waals surface area contributed by atoms with Crippen LogP contribution in [-0.2, 0) is 21.4 Å². The van der Waals surface area contributed by atoms with Gasteiger partial charge in [-0.1, -0.05) is 54.6 Å². The number of aromatic amines is 1. The number of nitrogens with one attached hydrogen (secondary N) is 2. The molecule has 3 aromatic carbocycles. The summed E-state index contributed by atoms with van der Waals surface area (Å²) in [6.45, 7) is 2.77. The largest absolute Gasteiger partial charge is 0.465 e. The predicted molar refractivity (Wildman–Crippen MR) is 171 cm³/mol. The van der Waals surface area contributed by atoms with E-state index in [-0.39, 0.29) is 48.5 Å². The summed E-state index contributed by atoms with van der Waals surface area (Å²) in [5.74, 6) is -0.235. The van der Waals surface area contributed by atoms with Crippen molar-refractivity contribution in [3.8, 4) is 11.3 Å². The maximum absolute atomic E-state index is 13.7. The van der Waals surface area contributed by atoms with Gasteiger partial charge in [-0.3, -0.25) is 4.79 Å². The smallest absolute Gasteiger partial charge is 0.407 e. The number of hydrogen-bond acceptors (Lipinski definition) is 5. The Morgan fingerprint density at radius 1 is 0.956 bits per heavy atom. The molecule has 11 heteroatoms. The highest BCUT2D eigenvalue weighted by Gasteiger charge is 2.38. The standard InChI is InChI=1S/C34H38N4O6S/c1-22-17-23(21-39)7-14-29(22)31-18-26-10-13-28(19-30(26)35-31)45(43,44)36-27-11-8-25(9-12-27)33(40)38-16-15-37(34(41)42)20-32(38)24-5-3-2-4-6-24/h2-7,10,13-14,17-19,25,27,32,35-36,39H,8-9,11-12,15-16,20-21H2,1H3,(H,41,42). The van der Waals surface area contributed by atoms with Gasteiger partial charge in [-0.05, 0) is 67.5 Å². The molecule has 1 aromatic heterocycles. The number of carbonyl (C=O) groups is 2. The summed E-state index contributed by atoms with van der Waals surface area (Å²) in [6, 6.07) is 21.7. The molecule has 0 radical (unpaired) electrons. The Morgan fingerprint density at radius 2 is 1.71 bits per heavy atom. The number of H-pyrrole nitrogens is 1. The van der Waals surface area contributed by atoms with E-state index >= 15 is 0 Å². The van der Waals surface area contributed by atoms with Crippen LogP contribution in [0.2, 0.25) is 0 Å². The van der Waals surface area contributed by atoms with Crippen molar-refractivity contribution in [2.24, 2.45) is 5.92 Å². The molecule has 2 amide bonds. The summed E-state index contributed by atoms with van der Waals surface area (Å²) in [5, 5.41) is 19.9. The molecule has 45 heavy (non-hydrogen) atoms. The number of amides is 2. The minimum absolute atomic E-state index is 0.00411. The minimum atomic E-state index is -3.80. The lowest BCUT2D eigenvalue weighted by atomic mass is 9.85. The fourth-order valence-corrected chi connectivity index (χ4v) is 8.04. The number of aryl methyl sites for hydroxylation is 1. The van der Waals surface area contributed by atoms with E-state index in [2.05, 4.69) is 9.71 Å². The number of aromatic nitrogens is 1. The maximum Gasteiger partial charge on any atom is 0.407 e.